The van der Waals surface area contributed by atoms with Crippen LogP contribution in [0.1, 0.15) is 36.4 Å². The van der Waals surface area contributed by atoms with E-state index >= 15 is 0 Å². The molecule has 0 unspecified atom stereocenters. The molecule has 2 amide bonds. The van der Waals surface area contributed by atoms with Crippen molar-refractivity contribution >= 4 is 11.8 Å². The summed E-state index contributed by atoms with van der Waals surface area (Å²) in [5, 5.41) is 2.76. The molecule has 2 aromatic carbocycles. The maximum Gasteiger partial charge on any atom is 0.242 e. The summed E-state index contributed by atoms with van der Waals surface area (Å²) in [6.45, 7) is 2.01. The van der Waals surface area contributed by atoms with Gasteiger partial charge >= 0.3 is 0 Å². The first-order valence-electron chi connectivity index (χ1n) is 10.2. The number of ether oxygens (including phenoxy) is 2. The lowest BCUT2D eigenvalue weighted by atomic mass is 10.0. The van der Waals surface area contributed by atoms with Crippen molar-refractivity contribution in [3.05, 3.63) is 59.7 Å². The van der Waals surface area contributed by atoms with Gasteiger partial charge in [0.25, 0.3) is 0 Å². The fourth-order valence-electron chi connectivity index (χ4n) is 3.92. The van der Waals surface area contributed by atoms with Gasteiger partial charge in [-0.25, -0.2) is 0 Å². The Morgan fingerprint density at radius 1 is 1.00 bits per heavy atom. The number of likely N-dealkylation sites (tertiary alicyclic amines) is 1. The van der Waals surface area contributed by atoms with E-state index in [0.717, 1.165) is 41.9 Å². The van der Waals surface area contributed by atoms with Gasteiger partial charge in [0.2, 0.25) is 11.8 Å². The highest BCUT2D eigenvalue weighted by atomic mass is 16.5. The van der Waals surface area contributed by atoms with E-state index < -0.39 is 0 Å². The minimum atomic E-state index is -0.143. The van der Waals surface area contributed by atoms with Crippen molar-refractivity contribution in [2.24, 2.45) is 0 Å². The van der Waals surface area contributed by atoms with Gasteiger partial charge in [-0.2, -0.15) is 0 Å². The summed E-state index contributed by atoms with van der Waals surface area (Å²) in [5.74, 6) is 1.31. The molecule has 1 atom stereocenters. The van der Waals surface area contributed by atoms with E-state index in [9.17, 15) is 9.59 Å². The number of hydrogen-bond acceptors (Lipinski definition) is 4. The summed E-state index contributed by atoms with van der Waals surface area (Å²) in [5.41, 5.74) is 1.99. The Labute approximate surface area is 170 Å². The fraction of sp³-hybridized carbons (Fsp3) is 0.391. The molecule has 0 aromatic heterocycles. The number of nitrogens with zero attached hydrogens (tertiary/aromatic N) is 1. The first-order valence-corrected chi connectivity index (χ1v) is 10.2. The van der Waals surface area contributed by atoms with Crippen LogP contribution >= 0.6 is 0 Å². The Kier molecular flexibility index (Phi) is 5.98. The van der Waals surface area contributed by atoms with Crippen molar-refractivity contribution < 1.29 is 19.1 Å². The van der Waals surface area contributed by atoms with Crippen LogP contribution in [0.25, 0.3) is 0 Å². The highest BCUT2D eigenvalue weighted by Crippen LogP contribution is 2.37. The van der Waals surface area contributed by atoms with E-state index in [2.05, 4.69) is 5.32 Å². The molecule has 4 rings (SSSR count). The second-order valence-corrected chi connectivity index (χ2v) is 7.44. The normalized spacial score (nSPS) is 18.2. The van der Waals surface area contributed by atoms with Crippen LogP contribution in [0, 0.1) is 0 Å². The van der Waals surface area contributed by atoms with Crippen LogP contribution in [0.4, 0.5) is 0 Å². The molecule has 29 heavy (non-hydrogen) atoms. The minimum Gasteiger partial charge on any atom is -0.490 e. The van der Waals surface area contributed by atoms with Crippen molar-refractivity contribution in [3.63, 3.8) is 0 Å². The number of carbonyl (C=O) groups excluding carboxylic acids is 2. The maximum atomic E-state index is 12.8. The summed E-state index contributed by atoms with van der Waals surface area (Å²) < 4.78 is 11.5. The Balaban J connectivity index is 1.37. The van der Waals surface area contributed by atoms with Crippen LogP contribution < -0.4 is 14.8 Å². The van der Waals surface area contributed by atoms with E-state index in [1.54, 1.807) is 0 Å². The predicted octanol–water partition coefficient (Wildman–Crippen LogP) is 2.87. The van der Waals surface area contributed by atoms with Gasteiger partial charge in [-0.3, -0.25) is 9.59 Å². The molecule has 1 fully saturated rings. The second kappa shape index (κ2) is 8.99. The van der Waals surface area contributed by atoms with E-state index in [0.29, 0.717) is 19.8 Å². The molecular formula is C23H26N2O4. The van der Waals surface area contributed by atoms with Gasteiger partial charge in [0.05, 0.1) is 32.2 Å². The van der Waals surface area contributed by atoms with Crippen molar-refractivity contribution in [2.75, 3.05) is 26.3 Å². The monoisotopic (exact) mass is 394 g/mol. The summed E-state index contributed by atoms with van der Waals surface area (Å²) in [6.07, 6.45) is 2.99. The van der Waals surface area contributed by atoms with Crippen molar-refractivity contribution in [2.45, 2.75) is 31.7 Å². The lowest BCUT2D eigenvalue weighted by Crippen LogP contribution is -2.40. The number of benzene rings is 2. The van der Waals surface area contributed by atoms with Gasteiger partial charge in [0.1, 0.15) is 0 Å². The number of fused-ring (bicyclic) bond motifs is 1. The highest BCUT2D eigenvalue weighted by Gasteiger charge is 2.30. The molecule has 0 aliphatic carbocycles. The molecule has 2 aliphatic rings. The molecule has 0 spiro atoms. The largest absolute Gasteiger partial charge is 0.490 e. The lowest BCUT2D eigenvalue weighted by Gasteiger charge is -2.26. The Hall–Kier alpha value is -3.02. The van der Waals surface area contributed by atoms with Crippen molar-refractivity contribution in [3.8, 4) is 11.5 Å². The van der Waals surface area contributed by atoms with Crippen molar-refractivity contribution in [1.82, 2.24) is 10.2 Å². The lowest BCUT2D eigenvalue weighted by molar-refractivity contribution is -0.133. The zero-order valence-corrected chi connectivity index (χ0v) is 16.4. The Morgan fingerprint density at radius 3 is 2.62 bits per heavy atom. The molecule has 6 heteroatoms. The van der Waals surface area contributed by atoms with Gasteiger partial charge in [-0.05, 0) is 36.1 Å². The first-order chi connectivity index (χ1) is 14.2. The molecule has 0 saturated carbocycles. The second-order valence-electron chi connectivity index (χ2n) is 7.44. The zero-order chi connectivity index (χ0) is 20.1. The topological polar surface area (TPSA) is 67.9 Å². The summed E-state index contributed by atoms with van der Waals surface area (Å²) in [7, 11) is 0. The standard InChI is InChI=1S/C23H26N2O4/c26-22(14-17-6-2-1-3-7-17)24-16-23(27)25-11-4-8-19(25)18-9-10-20-21(15-18)29-13-5-12-28-20/h1-3,6-7,9-10,15,19H,4-5,8,11-14,16H2,(H,24,26)/t19-/m0/s1. The molecule has 6 nitrogen and oxygen atoms in total. The molecule has 2 aromatic rings. The smallest absolute Gasteiger partial charge is 0.242 e. The van der Waals surface area contributed by atoms with E-state index in [-0.39, 0.29) is 30.8 Å². The summed E-state index contributed by atoms with van der Waals surface area (Å²) in [4.78, 5) is 26.8. The fourth-order valence-corrected chi connectivity index (χ4v) is 3.92. The summed E-state index contributed by atoms with van der Waals surface area (Å²) >= 11 is 0. The van der Waals surface area contributed by atoms with Gasteiger partial charge in [-0.15, -0.1) is 0 Å². The number of nitrogens with one attached hydrogen (secondary N) is 1. The van der Waals surface area contributed by atoms with Crippen LogP contribution in [-0.4, -0.2) is 43.0 Å². The van der Waals surface area contributed by atoms with Crippen LogP contribution in [0.5, 0.6) is 11.5 Å². The zero-order valence-electron chi connectivity index (χ0n) is 16.4. The summed E-state index contributed by atoms with van der Waals surface area (Å²) in [6, 6.07) is 15.5. The predicted molar refractivity (Wildman–Crippen MR) is 109 cm³/mol. The Bertz CT molecular complexity index is 868. The Morgan fingerprint density at radius 2 is 1.79 bits per heavy atom. The minimum absolute atomic E-state index is 0.00526. The number of rotatable bonds is 5. The van der Waals surface area contributed by atoms with E-state index in [1.807, 2.05) is 53.4 Å². The third-order valence-corrected chi connectivity index (χ3v) is 5.37. The quantitative estimate of drug-likeness (QED) is 0.847. The maximum absolute atomic E-state index is 12.8. The third-order valence-electron chi connectivity index (χ3n) is 5.37. The van der Waals surface area contributed by atoms with Crippen LogP contribution in [0.2, 0.25) is 0 Å². The number of carbonyl (C=O) groups is 2. The SMILES string of the molecule is O=C(Cc1ccccc1)NCC(=O)N1CCC[C@H]1c1ccc2c(c1)OCCCO2. The molecule has 152 valence electrons. The van der Waals surface area contributed by atoms with Gasteiger partial charge in [-0.1, -0.05) is 36.4 Å². The average Bonchev–Trinajstić information content (AvgIpc) is 3.11. The van der Waals surface area contributed by atoms with E-state index in [4.69, 9.17) is 9.47 Å². The van der Waals surface area contributed by atoms with Gasteiger partial charge in [0.15, 0.2) is 11.5 Å². The van der Waals surface area contributed by atoms with Crippen LogP contribution in [-0.2, 0) is 16.0 Å². The van der Waals surface area contributed by atoms with Crippen LogP contribution in [0.3, 0.4) is 0 Å². The molecule has 0 bridgehead atoms. The molecule has 2 aliphatic heterocycles. The average molecular weight is 394 g/mol. The molecule has 0 radical (unpaired) electrons. The number of amides is 2. The molecule has 1 N–H and O–H groups in total. The number of hydrogen-bond donors (Lipinski definition) is 1. The van der Waals surface area contributed by atoms with Crippen molar-refractivity contribution in [1.29, 1.82) is 0 Å². The third kappa shape index (κ3) is 4.70. The van der Waals surface area contributed by atoms with Crippen LogP contribution in [0.15, 0.2) is 48.5 Å². The van der Waals surface area contributed by atoms with E-state index in [1.165, 1.54) is 0 Å². The highest BCUT2D eigenvalue weighted by molar-refractivity contribution is 5.86. The molecule has 1 saturated heterocycles. The van der Waals surface area contributed by atoms with Gasteiger partial charge < -0.3 is 19.7 Å². The molecule has 2 heterocycles. The molecular weight excluding hydrogens is 368 g/mol. The first kappa shape index (κ1) is 19.3. The van der Waals surface area contributed by atoms with Gasteiger partial charge in [0, 0.05) is 13.0 Å².